The average Bonchev–Trinajstić information content (AvgIpc) is 2.06. The molecule has 0 radical (unpaired) electrons. The summed E-state index contributed by atoms with van der Waals surface area (Å²) in [5, 5.41) is 18.0. The molecule has 3 heteroatoms. The minimum atomic E-state index is -0.587. The maximum absolute atomic E-state index is 9.41. The number of hydrogen-bond acceptors (Lipinski definition) is 3. The molecule has 0 fully saturated rings. The summed E-state index contributed by atoms with van der Waals surface area (Å²) >= 11 is 0. The van der Waals surface area contributed by atoms with E-state index in [0.29, 0.717) is 12.1 Å². The van der Waals surface area contributed by atoms with E-state index in [9.17, 15) is 5.11 Å². The highest BCUT2D eigenvalue weighted by Gasteiger charge is 2.04. The monoisotopic (exact) mass is 167 g/mol. The van der Waals surface area contributed by atoms with Crippen LogP contribution in [0.25, 0.3) is 0 Å². The minimum absolute atomic E-state index is 0.00839. The van der Waals surface area contributed by atoms with Crippen LogP contribution in [0.3, 0.4) is 0 Å². The molecule has 0 saturated heterocycles. The van der Waals surface area contributed by atoms with E-state index in [1.807, 2.05) is 0 Å². The quantitative estimate of drug-likeness (QED) is 0.580. The van der Waals surface area contributed by atoms with Gasteiger partial charge >= 0.3 is 0 Å². The molecule has 0 spiro atoms. The van der Waals surface area contributed by atoms with Crippen LogP contribution in [-0.2, 0) is 0 Å². The zero-order chi connectivity index (χ0) is 8.97. The molecular formula is C9H13NO2. The molecule has 0 bridgehead atoms. The first-order valence-corrected chi connectivity index (χ1v) is 3.88. The van der Waals surface area contributed by atoms with Crippen molar-refractivity contribution in [3.05, 3.63) is 29.8 Å². The van der Waals surface area contributed by atoms with E-state index in [2.05, 4.69) is 0 Å². The lowest BCUT2D eigenvalue weighted by atomic mass is 10.1. The Labute approximate surface area is 71.5 Å². The topological polar surface area (TPSA) is 66.5 Å². The van der Waals surface area contributed by atoms with Crippen LogP contribution in [0.4, 0.5) is 5.69 Å². The van der Waals surface area contributed by atoms with Gasteiger partial charge in [0.05, 0.1) is 6.10 Å². The Bertz CT molecular complexity index is 233. The molecule has 1 atom stereocenters. The molecule has 0 aliphatic carbocycles. The summed E-state index contributed by atoms with van der Waals surface area (Å²) in [6.07, 6.45) is -0.222. The number of anilines is 1. The van der Waals surface area contributed by atoms with Crippen molar-refractivity contribution in [1.82, 2.24) is 0 Å². The van der Waals surface area contributed by atoms with E-state index in [1.54, 1.807) is 24.3 Å². The Kier molecular flexibility index (Phi) is 3.08. The zero-order valence-corrected chi connectivity index (χ0v) is 6.77. The average molecular weight is 167 g/mol. The second kappa shape index (κ2) is 4.09. The first-order valence-electron chi connectivity index (χ1n) is 3.88. The number of rotatable bonds is 3. The molecule has 0 amide bonds. The van der Waals surface area contributed by atoms with Gasteiger partial charge in [0, 0.05) is 18.7 Å². The molecule has 1 aromatic rings. The van der Waals surface area contributed by atoms with Crippen LogP contribution in [0, 0.1) is 0 Å². The number of nitrogens with two attached hydrogens (primary N) is 1. The third kappa shape index (κ3) is 2.22. The molecular weight excluding hydrogens is 154 g/mol. The highest BCUT2D eigenvalue weighted by Crippen LogP contribution is 2.16. The lowest BCUT2D eigenvalue weighted by Gasteiger charge is -2.08. The lowest BCUT2D eigenvalue weighted by molar-refractivity contribution is 0.134. The van der Waals surface area contributed by atoms with Crippen molar-refractivity contribution in [3.63, 3.8) is 0 Å². The molecule has 66 valence electrons. The normalized spacial score (nSPS) is 12.8. The Hall–Kier alpha value is -1.06. The summed E-state index contributed by atoms with van der Waals surface area (Å²) in [4.78, 5) is 0. The number of aliphatic hydroxyl groups is 2. The van der Waals surface area contributed by atoms with Gasteiger partial charge < -0.3 is 15.9 Å². The van der Waals surface area contributed by atoms with Crippen LogP contribution in [0.1, 0.15) is 18.1 Å². The van der Waals surface area contributed by atoms with Crippen LogP contribution >= 0.6 is 0 Å². The van der Waals surface area contributed by atoms with Crippen molar-refractivity contribution in [1.29, 1.82) is 0 Å². The van der Waals surface area contributed by atoms with Crippen molar-refractivity contribution in [2.75, 3.05) is 12.3 Å². The molecule has 3 nitrogen and oxygen atoms in total. The summed E-state index contributed by atoms with van der Waals surface area (Å²) in [7, 11) is 0. The molecule has 0 heterocycles. The second-order valence-electron chi connectivity index (χ2n) is 2.69. The van der Waals surface area contributed by atoms with E-state index >= 15 is 0 Å². The van der Waals surface area contributed by atoms with Gasteiger partial charge in [0.15, 0.2) is 0 Å². The van der Waals surface area contributed by atoms with Gasteiger partial charge in [0.25, 0.3) is 0 Å². The molecule has 1 unspecified atom stereocenters. The summed E-state index contributed by atoms with van der Waals surface area (Å²) in [5.41, 5.74) is 6.94. The SMILES string of the molecule is Nc1ccc(C(O)CCO)cc1. The van der Waals surface area contributed by atoms with E-state index in [-0.39, 0.29) is 6.61 Å². The largest absolute Gasteiger partial charge is 0.399 e. The summed E-state index contributed by atoms with van der Waals surface area (Å²) < 4.78 is 0. The van der Waals surface area contributed by atoms with Gasteiger partial charge in [-0.15, -0.1) is 0 Å². The summed E-state index contributed by atoms with van der Waals surface area (Å²) in [6, 6.07) is 6.98. The number of nitrogen functional groups attached to an aromatic ring is 1. The Balaban J connectivity index is 2.68. The molecule has 0 aliphatic rings. The fourth-order valence-corrected chi connectivity index (χ4v) is 1.01. The van der Waals surface area contributed by atoms with E-state index in [4.69, 9.17) is 10.8 Å². The van der Waals surface area contributed by atoms with Gasteiger partial charge in [-0.1, -0.05) is 12.1 Å². The van der Waals surface area contributed by atoms with Crippen molar-refractivity contribution in [3.8, 4) is 0 Å². The number of benzene rings is 1. The van der Waals surface area contributed by atoms with Crippen LogP contribution in [0.2, 0.25) is 0 Å². The molecule has 0 saturated carbocycles. The van der Waals surface area contributed by atoms with Crippen LogP contribution in [0.15, 0.2) is 24.3 Å². The van der Waals surface area contributed by atoms with Crippen molar-refractivity contribution in [2.24, 2.45) is 0 Å². The lowest BCUT2D eigenvalue weighted by Crippen LogP contribution is -2.00. The summed E-state index contributed by atoms with van der Waals surface area (Å²) in [5.74, 6) is 0. The molecule has 12 heavy (non-hydrogen) atoms. The standard InChI is InChI=1S/C9H13NO2/c10-8-3-1-7(2-4-8)9(12)5-6-11/h1-4,9,11-12H,5-6,10H2. The van der Waals surface area contributed by atoms with Crippen LogP contribution < -0.4 is 5.73 Å². The minimum Gasteiger partial charge on any atom is -0.399 e. The van der Waals surface area contributed by atoms with E-state index in [0.717, 1.165) is 5.56 Å². The Morgan fingerprint density at radius 3 is 2.33 bits per heavy atom. The van der Waals surface area contributed by atoms with Crippen LogP contribution in [0.5, 0.6) is 0 Å². The Morgan fingerprint density at radius 2 is 1.83 bits per heavy atom. The maximum atomic E-state index is 9.41. The number of aliphatic hydroxyl groups excluding tert-OH is 2. The number of hydrogen-bond donors (Lipinski definition) is 3. The molecule has 1 rings (SSSR count). The van der Waals surface area contributed by atoms with Crippen molar-refractivity contribution in [2.45, 2.75) is 12.5 Å². The molecule has 0 aliphatic heterocycles. The van der Waals surface area contributed by atoms with Gasteiger partial charge in [0.2, 0.25) is 0 Å². The van der Waals surface area contributed by atoms with Crippen molar-refractivity contribution < 1.29 is 10.2 Å². The highest BCUT2D eigenvalue weighted by molar-refractivity contribution is 5.39. The zero-order valence-electron chi connectivity index (χ0n) is 6.77. The molecule has 0 aromatic heterocycles. The van der Waals surface area contributed by atoms with E-state index < -0.39 is 6.10 Å². The third-order valence-electron chi connectivity index (χ3n) is 1.72. The predicted molar refractivity (Wildman–Crippen MR) is 47.5 cm³/mol. The predicted octanol–water partition coefficient (Wildman–Crippen LogP) is 0.685. The fraction of sp³-hybridized carbons (Fsp3) is 0.333. The Morgan fingerprint density at radius 1 is 1.25 bits per heavy atom. The molecule has 4 N–H and O–H groups in total. The van der Waals surface area contributed by atoms with Gasteiger partial charge in [0.1, 0.15) is 0 Å². The smallest absolute Gasteiger partial charge is 0.0811 e. The summed E-state index contributed by atoms with van der Waals surface area (Å²) in [6.45, 7) is -0.00839. The van der Waals surface area contributed by atoms with Crippen molar-refractivity contribution >= 4 is 5.69 Å². The van der Waals surface area contributed by atoms with Gasteiger partial charge in [-0.05, 0) is 17.7 Å². The van der Waals surface area contributed by atoms with Crippen LogP contribution in [-0.4, -0.2) is 16.8 Å². The fourth-order valence-electron chi connectivity index (χ4n) is 1.01. The maximum Gasteiger partial charge on any atom is 0.0811 e. The third-order valence-corrected chi connectivity index (χ3v) is 1.72. The second-order valence-corrected chi connectivity index (χ2v) is 2.69. The van der Waals surface area contributed by atoms with E-state index in [1.165, 1.54) is 0 Å². The first kappa shape index (κ1) is 9.03. The van der Waals surface area contributed by atoms with Gasteiger partial charge in [-0.25, -0.2) is 0 Å². The highest BCUT2D eigenvalue weighted by atomic mass is 16.3. The van der Waals surface area contributed by atoms with Gasteiger partial charge in [-0.2, -0.15) is 0 Å². The molecule has 1 aromatic carbocycles. The van der Waals surface area contributed by atoms with Gasteiger partial charge in [-0.3, -0.25) is 0 Å². The first-order chi connectivity index (χ1) is 5.74.